The quantitative estimate of drug-likeness (QED) is 0.775. The van der Waals surface area contributed by atoms with Crippen molar-refractivity contribution < 1.29 is 13.9 Å². The fraction of sp³-hybridized carbons (Fsp3) is 0.400. The minimum Gasteiger partial charge on any atom is -0.387 e. The Morgan fingerprint density at radius 1 is 1.36 bits per heavy atom. The number of nitrogens with two attached hydrogens (primary N) is 1. The highest BCUT2D eigenvalue weighted by molar-refractivity contribution is 5.25. The maximum Gasteiger partial charge on any atom is 0.242 e. The molecule has 1 unspecified atom stereocenters. The number of alkyl halides is 2. The first-order valence-electron chi connectivity index (χ1n) is 4.38. The van der Waals surface area contributed by atoms with Crippen molar-refractivity contribution in [1.82, 2.24) is 0 Å². The van der Waals surface area contributed by atoms with Gasteiger partial charge in [-0.2, -0.15) is 0 Å². The standard InChI is InChI=1S/C10H13F2NO/c11-10(12)5-7-2-1-3-8(4-7)9(14)6-13/h1-4,9-10,14H,5-6,13H2. The molecule has 1 aromatic rings. The Hall–Kier alpha value is -1.00. The summed E-state index contributed by atoms with van der Waals surface area (Å²) in [5, 5.41) is 9.38. The number of rotatable bonds is 4. The lowest BCUT2D eigenvalue weighted by atomic mass is 10.0. The van der Waals surface area contributed by atoms with Crippen molar-refractivity contribution in [3.05, 3.63) is 35.4 Å². The molecule has 78 valence electrons. The molecule has 0 heterocycles. The van der Waals surface area contributed by atoms with Gasteiger partial charge in [0.05, 0.1) is 6.10 Å². The lowest BCUT2D eigenvalue weighted by Gasteiger charge is -2.09. The first kappa shape index (κ1) is 11.1. The van der Waals surface area contributed by atoms with Crippen LogP contribution >= 0.6 is 0 Å². The summed E-state index contributed by atoms with van der Waals surface area (Å²) in [7, 11) is 0. The van der Waals surface area contributed by atoms with Gasteiger partial charge in [0.25, 0.3) is 0 Å². The minimum absolute atomic E-state index is 0.0954. The summed E-state index contributed by atoms with van der Waals surface area (Å²) in [4.78, 5) is 0. The molecular weight excluding hydrogens is 188 g/mol. The van der Waals surface area contributed by atoms with Crippen LogP contribution in [0.3, 0.4) is 0 Å². The molecule has 0 radical (unpaired) electrons. The van der Waals surface area contributed by atoms with E-state index in [-0.39, 0.29) is 13.0 Å². The highest BCUT2D eigenvalue weighted by Crippen LogP contribution is 2.15. The van der Waals surface area contributed by atoms with Gasteiger partial charge in [0, 0.05) is 13.0 Å². The van der Waals surface area contributed by atoms with E-state index in [1.54, 1.807) is 24.3 Å². The van der Waals surface area contributed by atoms with Gasteiger partial charge in [-0.05, 0) is 11.1 Å². The highest BCUT2D eigenvalue weighted by Gasteiger charge is 2.08. The number of halogens is 2. The molecule has 0 aromatic heterocycles. The summed E-state index contributed by atoms with van der Waals surface area (Å²) in [5.41, 5.74) is 6.36. The maximum absolute atomic E-state index is 12.0. The molecule has 0 aliphatic carbocycles. The van der Waals surface area contributed by atoms with Gasteiger partial charge in [0.2, 0.25) is 6.43 Å². The SMILES string of the molecule is NCC(O)c1cccc(CC(F)F)c1. The van der Waals surface area contributed by atoms with Crippen LogP contribution in [0.25, 0.3) is 0 Å². The molecule has 0 spiro atoms. The van der Waals surface area contributed by atoms with Crippen LogP contribution in [0.4, 0.5) is 8.78 Å². The van der Waals surface area contributed by atoms with Gasteiger partial charge >= 0.3 is 0 Å². The number of hydrogen-bond donors (Lipinski definition) is 2. The predicted molar refractivity (Wildman–Crippen MR) is 50.2 cm³/mol. The zero-order chi connectivity index (χ0) is 10.6. The summed E-state index contributed by atoms with van der Waals surface area (Å²) in [6.45, 7) is 0.0954. The summed E-state index contributed by atoms with van der Waals surface area (Å²) in [6, 6.07) is 6.49. The number of aliphatic hydroxyl groups excluding tert-OH is 1. The monoisotopic (exact) mass is 201 g/mol. The average molecular weight is 201 g/mol. The predicted octanol–water partition coefficient (Wildman–Crippen LogP) is 1.49. The molecule has 1 atom stereocenters. The van der Waals surface area contributed by atoms with Crippen LogP contribution in [-0.4, -0.2) is 18.1 Å². The molecule has 0 fully saturated rings. The van der Waals surface area contributed by atoms with E-state index >= 15 is 0 Å². The van der Waals surface area contributed by atoms with E-state index in [1.165, 1.54) is 0 Å². The number of aliphatic hydroxyl groups is 1. The van der Waals surface area contributed by atoms with Crippen LogP contribution < -0.4 is 5.73 Å². The van der Waals surface area contributed by atoms with Crippen LogP contribution in [0.15, 0.2) is 24.3 Å². The van der Waals surface area contributed by atoms with Gasteiger partial charge in [0.1, 0.15) is 0 Å². The molecule has 2 nitrogen and oxygen atoms in total. The largest absolute Gasteiger partial charge is 0.387 e. The first-order valence-corrected chi connectivity index (χ1v) is 4.38. The highest BCUT2D eigenvalue weighted by atomic mass is 19.3. The van der Waals surface area contributed by atoms with E-state index in [2.05, 4.69) is 0 Å². The second-order valence-electron chi connectivity index (χ2n) is 3.09. The van der Waals surface area contributed by atoms with Gasteiger partial charge in [-0.15, -0.1) is 0 Å². The zero-order valence-electron chi connectivity index (χ0n) is 7.66. The fourth-order valence-electron chi connectivity index (χ4n) is 1.24. The molecule has 1 aromatic carbocycles. The van der Waals surface area contributed by atoms with E-state index in [0.29, 0.717) is 11.1 Å². The van der Waals surface area contributed by atoms with Crippen LogP contribution in [0, 0.1) is 0 Å². The number of hydrogen-bond acceptors (Lipinski definition) is 2. The van der Waals surface area contributed by atoms with Crippen molar-refractivity contribution >= 4 is 0 Å². The fourth-order valence-corrected chi connectivity index (χ4v) is 1.24. The molecule has 3 N–H and O–H groups in total. The topological polar surface area (TPSA) is 46.2 Å². The third kappa shape index (κ3) is 3.05. The molecule has 0 bridgehead atoms. The van der Waals surface area contributed by atoms with Crippen molar-refractivity contribution in [3.8, 4) is 0 Å². The summed E-state index contributed by atoms with van der Waals surface area (Å²) >= 11 is 0. The molecule has 0 amide bonds. The Balaban J connectivity index is 2.78. The molecule has 0 saturated carbocycles. The average Bonchev–Trinajstić information content (AvgIpc) is 2.16. The Bertz CT molecular complexity index is 291. The van der Waals surface area contributed by atoms with Gasteiger partial charge in [-0.25, -0.2) is 8.78 Å². The van der Waals surface area contributed by atoms with E-state index in [9.17, 15) is 13.9 Å². The lowest BCUT2D eigenvalue weighted by molar-refractivity contribution is 0.148. The van der Waals surface area contributed by atoms with E-state index in [1.807, 2.05) is 0 Å². The van der Waals surface area contributed by atoms with E-state index in [4.69, 9.17) is 5.73 Å². The Morgan fingerprint density at radius 2 is 2.07 bits per heavy atom. The normalized spacial score (nSPS) is 13.2. The van der Waals surface area contributed by atoms with Crippen molar-refractivity contribution in [2.24, 2.45) is 5.73 Å². The molecule has 14 heavy (non-hydrogen) atoms. The summed E-state index contributed by atoms with van der Waals surface area (Å²) < 4.78 is 24.1. The van der Waals surface area contributed by atoms with Crippen LogP contribution in [-0.2, 0) is 6.42 Å². The molecule has 1 rings (SSSR count). The molecule has 0 aliphatic rings. The molecular formula is C10H13F2NO. The Kier molecular flexibility index (Phi) is 3.98. The second kappa shape index (κ2) is 5.02. The van der Waals surface area contributed by atoms with Gasteiger partial charge < -0.3 is 10.8 Å². The maximum atomic E-state index is 12.0. The Morgan fingerprint density at radius 3 is 2.64 bits per heavy atom. The molecule has 0 saturated heterocycles. The third-order valence-electron chi connectivity index (χ3n) is 1.95. The minimum atomic E-state index is -2.36. The van der Waals surface area contributed by atoms with E-state index in [0.717, 1.165) is 0 Å². The van der Waals surface area contributed by atoms with Crippen molar-refractivity contribution in [2.75, 3.05) is 6.54 Å². The smallest absolute Gasteiger partial charge is 0.242 e. The van der Waals surface area contributed by atoms with Crippen LogP contribution in [0.5, 0.6) is 0 Å². The summed E-state index contributed by atoms with van der Waals surface area (Å²) in [6.07, 6.45) is -3.42. The lowest BCUT2D eigenvalue weighted by Crippen LogP contribution is -2.11. The summed E-state index contributed by atoms with van der Waals surface area (Å²) in [5.74, 6) is 0. The van der Waals surface area contributed by atoms with Gasteiger partial charge in [0.15, 0.2) is 0 Å². The van der Waals surface area contributed by atoms with Gasteiger partial charge in [-0.1, -0.05) is 24.3 Å². The van der Waals surface area contributed by atoms with Crippen LogP contribution in [0.1, 0.15) is 17.2 Å². The van der Waals surface area contributed by atoms with Crippen molar-refractivity contribution in [2.45, 2.75) is 19.0 Å². The van der Waals surface area contributed by atoms with Crippen molar-refractivity contribution in [3.63, 3.8) is 0 Å². The molecule has 0 aliphatic heterocycles. The van der Waals surface area contributed by atoms with E-state index < -0.39 is 12.5 Å². The first-order chi connectivity index (χ1) is 6.63. The Labute approximate surface area is 81.4 Å². The number of benzene rings is 1. The van der Waals surface area contributed by atoms with Crippen molar-refractivity contribution in [1.29, 1.82) is 0 Å². The van der Waals surface area contributed by atoms with Gasteiger partial charge in [-0.3, -0.25) is 0 Å². The molecule has 4 heteroatoms. The second-order valence-corrected chi connectivity index (χ2v) is 3.09. The zero-order valence-corrected chi connectivity index (χ0v) is 7.66. The third-order valence-corrected chi connectivity index (χ3v) is 1.95. The van der Waals surface area contributed by atoms with Crippen LogP contribution in [0.2, 0.25) is 0 Å².